The van der Waals surface area contributed by atoms with Crippen LogP contribution in [0.4, 0.5) is 8.78 Å². The fourth-order valence-corrected chi connectivity index (χ4v) is 2.93. The van der Waals surface area contributed by atoms with Gasteiger partial charge >= 0.3 is 0 Å². The molecule has 0 radical (unpaired) electrons. The Morgan fingerprint density at radius 2 is 1.91 bits per heavy atom. The van der Waals surface area contributed by atoms with E-state index in [2.05, 4.69) is 6.92 Å². The number of rotatable bonds is 7. The van der Waals surface area contributed by atoms with Gasteiger partial charge in [0.25, 0.3) is 0 Å². The summed E-state index contributed by atoms with van der Waals surface area (Å²) in [6.45, 7) is 3.76. The van der Waals surface area contributed by atoms with Gasteiger partial charge in [-0.2, -0.15) is 0 Å². The number of unbranched alkanes of at least 4 members (excludes halogenated alkanes) is 1. The lowest BCUT2D eigenvalue weighted by Crippen LogP contribution is -2.14. The summed E-state index contributed by atoms with van der Waals surface area (Å²) in [5.74, 6) is -1.38. The molecule has 1 aliphatic heterocycles. The van der Waals surface area contributed by atoms with Crippen LogP contribution in [-0.4, -0.2) is 6.10 Å². The van der Waals surface area contributed by atoms with Crippen LogP contribution >= 0.6 is 0 Å². The van der Waals surface area contributed by atoms with Crippen LogP contribution in [0.15, 0.2) is 24.0 Å². The maximum atomic E-state index is 13.8. The smallest absolute Gasteiger partial charge is 0.162 e. The molecule has 0 spiro atoms. The second-order valence-corrected chi connectivity index (χ2v) is 6.24. The Hall–Kier alpha value is -1.38. The fraction of sp³-hybridized carbons (Fsp3) is 0.579. The second-order valence-electron chi connectivity index (χ2n) is 6.24. The predicted octanol–water partition coefficient (Wildman–Crippen LogP) is 5.85. The molecule has 0 aromatic heterocycles. The maximum absolute atomic E-state index is 13.8. The number of hydrogen-bond acceptors (Lipinski definition) is 1. The van der Waals surface area contributed by atoms with Crippen LogP contribution in [0, 0.1) is 18.6 Å². The van der Waals surface area contributed by atoms with Crippen molar-refractivity contribution in [1.82, 2.24) is 0 Å². The van der Waals surface area contributed by atoms with Crippen LogP contribution in [0.2, 0.25) is 0 Å². The van der Waals surface area contributed by atoms with Gasteiger partial charge in [0.2, 0.25) is 0 Å². The maximum Gasteiger partial charge on any atom is 0.162 e. The van der Waals surface area contributed by atoms with Gasteiger partial charge in [-0.1, -0.05) is 25.5 Å². The van der Waals surface area contributed by atoms with Crippen molar-refractivity contribution in [3.8, 4) is 0 Å². The van der Waals surface area contributed by atoms with E-state index >= 15 is 0 Å². The van der Waals surface area contributed by atoms with Gasteiger partial charge in [-0.05, 0) is 68.6 Å². The zero-order chi connectivity index (χ0) is 15.9. The first kappa shape index (κ1) is 17.0. The van der Waals surface area contributed by atoms with Crippen LogP contribution in [-0.2, 0) is 11.2 Å². The van der Waals surface area contributed by atoms with Gasteiger partial charge in [-0.15, -0.1) is 0 Å². The van der Waals surface area contributed by atoms with Crippen LogP contribution in [0.1, 0.15) is 63.0 Å². The normalized spacial score (nSPS) is 18.0. The number of ether oxygens (including phenoxy) is 1. The van der Waals surface area contributed by atoms with Crippen molar-refractivity contribution in [2.45, 2.75) is 71.3 Å². The summed E-state index contributed by atoms with van der Waals surface area (Å²) in [6.07, 6.45) is 10.3. The van der Waals surface area contributed by atoms with E-state index in [1.807, 2.05) is 6.26 Å². The van der Waals surface area contributed by atoms with E-state index in [0.29, 0.717) is 23.7 Å². The number of hydrogen-bond donors (Lipinski definition) is 0. The molecule has 1 nitrogen and oxygen atoms in total. The SMILES string of the molecule is CCCC1CCC(CCCCc2ccc(C)c(F)c2F)=CO1. The Balaban J connectivity index is 1.73. The van der Waals surface area contributed by atoms with E-state index in [1.54, 1.807) is 19.1 Å². The van der Waals surface area contributed by atoms with E-state index < -0.39 is 11.6 Å². The third-order valence-electron chi connectivity index (χ3n) is 4.37. The monoisotopic (exact) mass is 308 g/mol. The number of benzene rings is 1. The van der Waals surface area contributed by atoms with Gasteiger partial charge < -0.3 is 4.74 Å². The quantitative estimate of drug-likeness (QED) is 0.574. The topological polar surface area (TPSA) is 9.23 Å². The molecule has 0 fully saturated rings. The van der Waals surface area contributed by atoms with Gasteiger partial charge in [0.1, 0.15) is 0 Å². The van der Waals surface area contributed by atoms with E-state index in [1.165, 1.54) is 5.57 Å². The molecule has 0 N–H and O–H groups in total. The van der Waals surface area contributed by atoms with Gasteiger partial charge in [-0.3, -0.25) is 0 Å². The van der Waals surface area contributed by atoms with E-state index in [4.69, 9.17) is 4.74 Å². The molecule has 1 aliphatic rings. The zero-order valence-electron chi connectivity index (χ0n) is 13.6. The van der Waals surface area contributed by atoms with Crippen molar-refractivity contribution in [1.29, 1.82) is 0 Å². The first-order valence-electron chi connectivity index (χ1n) is 8.38. The molecular formula is C19H26F2O. The lowest BCUT2D eigenvalue weighted by molar-refractivity contribution is 0.109. The summed E-state index contributed by atoms with van der Waals surface area (Å²) in [6, 6.07) is 3.35. The van der Waals surface area contributed by atoms with Crippen molar-refractivity contribution in [3.63, 3.8) is 0 Å². The third-order valence-corrected chi connectivity index (χ3v) is 4.37. The molecule has 0 saturated carbocycles. The standard InChI is InChI=1S/C19H26F2O/c1-3-6-17-12-10-15(13-22-17)7-4-5-8-16-11-9-14(2)18(20)19(16)21/h9,11,13,17H,3-8,10,12H2,1-2H3. The van der Waals surface area contributed by atoms with E-state index in [0.717, 1.165) is 44.9 Å². The summed E-state index contributed by atoms with van der Waals surface area (Å²) in [7, 11) is 0. The summed E-state index contributed by atoms with van der Waals surface area (Å²) < 4.78 is 33.0. The number of halogens is 2. The number of aryl methyl sites for hydroxylation is 2. The summed E-state index contributed by atoms with van der Waals surface area (Å²) in [5.41, 5.74) is 2.20. The second kappa shape index (κ2) is 8.30. The van der Waals surface area contributed by atoms with Gasteiger partial charge in [-0.25, -0.2) is 8.78 Å². The summed E-state index contributed by atoms with van der Waals surface area (Å²) in [4.78, 5) is 0. The van der Waals surface area contributed by atoms with Crippen molar-refractivity contribution in [2.24, 2.45) is 0 Å². The molecule has 1 atom stereocenters. The van der Waals surface area contributed by atoms with Crippen LogP contribution in [0.25, 0.3) is 0 Å². The Bertz CT molecular complexity index is 522. The van der Waals surface area contributed by atoms with Crippen LogP contribution in [0.3, 0.4) is 0 Å². The van der Waals surface area contributed by atoms with Crippen molar-refractivity contribution < 1.29 is 13.5 Å². The van der Waals surface area contributed by atoms with Crippen LogP contribution in [0.5, 0.6) is 0 Å². The highest BCUT2D eigenvalue weighted by Crippen LogP contribution is 2.25. The molecule has 0 bridgehead atoms. The van der Waals surface area contributed by atoms with Gasteiger partial charge in [0, 0.05) is 0 Å². The Labute approximate surface area is 132 Å². The highest BCUT2D eigenvalue weighted by molar-refractivity contribution is 5.25. The molecule has 2 rings (SSSR count). The molecule has 1 heterocycles. The minimum Gasteiger partial charge on any atom is -0.498 e. The fourth-order valence-electron chi connectivity index (χ4n) is 2.93. The van der Waals surface area contributed by atoms with Crippen LogP contribution < -0.4 is 0 Å². The van der Waals surface area contributed by atoms with E-state index in [-0.39, 0.29) is 0 Å². The molecule has 0 saturated heterocycles. The van der Waals surface area contributed by atoms with Crippen molar-refractivity contribution in [3.05, 3.63) is 46.7 Å². The predicted molar refractivity (Wildman–Crippen MR) is 85.7 cm³/mol. The average Bonchev–Trinajstić information content (AvgIpc) is 2.53. The minimum atomic E-state index is -0.706. The highest BCUT2D eigenvalue weighted by Gasteiger charge is 2.14. The molecule has 0 amide bonds. The van der Waals surface area contributed by atoms with Crippen molar-refractivity contribution in [2.75, 3.05) is 0 Å². The molecule has 1 unspecified atom stereocenters. The Kier molecular flexibility index (Phi) is 6.41. The lowest BCUT2D eigenvalue weighted by Gasteiger charge is -2.22. The number of allylic oxidation sites excluding steroid dienone is 1. The first-order chi connectivity index (χ1) is 10.6. The largest absolute Gasteiger partial charge is 0.498 e. The zero-order valence-corrected chi connectivity index (χ0v) is 13.6. The molecule has 3 heteroatoms. The molecule has 1 aromatic rings. The Morgan fingerprint density at radius 3 is 2.59 bits per heavy atom. The highest BCUT2D eigenvalue weighted by atomic mass is 19.2. The lowest BCUT2D eigenvalue weighted by atomic mass is 9.97. The van der Waals surface area contributed by atoms with Crippen molar-refractivity contribution >= 4 is 0 Å². The molecule has 1 aromatic carbocycles. The summed E-state index contributed by atoms with van der Waals surface area (Å²) >= 11 is 0. The minimum absolute atomic E-state index is 0.368. The third kappa shape index (κ3) is 4.56. The van der Waals surface area contributed by atoms with E-state index in [9.17, 15) is 8.78 Å². The summed E-state index contributed by atoms with van der Waals surface area (Å²) in [5, 5.41) is 0. The first-order valence-corrected chi connectivity index (χ1v) is 8.38. The average molecular weight is 308 g/mol. The molecular weight excluding hydrogens is 282 g/mol. The molecule has 0 aliphatic carbocycles. The van der Waals surface area contributed by atoms with Gasteiger partial charge in [0.05, 0.1) is 12.4 Å². The molecule has 122 valence electrons. The Morgan fingerprint density at radius 1 is 1.14 bits per heavy atom. The molecule has 22 heavy (non-hydrogen) atoms. The van der Waals surface area contributed by atoms with Gasteiger partial charge in [0.15, 0.2) is 11.6 Å².